The van der Waals surface area contributed by atoms with Crippen LogP contribution in [0, 0.1) is 6.92 Å². The van der Waals surface area contributed by atoms with Gasteiger partial charge in [-0.2, -0.15) is 0 Å². The highest BCUT2D eigenvalue weighted by Crippen LogP contribution is 2.46. The lowest BCUT2D eigenvalue weighted by Crippen LogP contribution is -2.25. The van der Waals surface area contributed by atoms with Crippen molar-refractivity contribution >= 4 is 29.5 Å². The van der Waals surface area contributed by atoms with Crippen LogP contribution < -0.4 is 9.47 Å². The highest BCUT2D eigenvalue weighted by Gasteiger charge is 2.40. The van der Waals surface area contributed by atoms with Gasteiger partial charge in [0, 0.05) is 31.0 Å². The van der Waals surface area contributed by atoms with Gasteiger partial charge in [-0.05, 0) is 18.6 Å². The number of carbonyl (C=O) groups excluding carboxylic acids is 5. The SMILES string of the molecule is COC(=O)c1c(O)cc2c(c1C)C(=O)c1c(O)cc(OC(C)=O)c(OC(C)=O)c1C2=O. The number of ether oxygens (including phenoxy) is 3. The maximum atomic E-state index is 13.3. The van der Waals surface area contributed by atoms with Crippen molar-refractivity contribution in [2.24, 2.45) is 0 Å². The van der Waals surface area contributed by atoms with E-state index in [1.54, 1.807) is 0 Å². The van der Waals surface area contributed by atoms with Crippen LogP contribution in [0.1, 0.15) is 61.6 Å². The van der Waals surface area contributed by atoms with Crippen LogP contribution in [0.3, 0.4) is 0 Å². The van der Waals surface area contributed by atoms with Gasteiger partial charge in [0.05, 0.1) is 18.2 Å². The van der Waals surface area contributed by atoms with Gasteiger partial charge in [0.15, 0.2) is 23.1 Å². The van der Waals surface area contributed by atoms with Gasteiger partial charge in [-0.15, -0.1) is 0 Å². The van der Waals surface area contributed by atoms with Gasteiger partial charge in [0.25, 0.3) is 0 Å². The van der Waals surface area contributed by atoms with Crippen LogP contribution >= 0.6 is 0 Å². The van der Waals surface area contributed by atoms with Crippen LogP contribution in [0.15, 0.2) is 12.1 Å². The van der Waals surface area contributed by atoms with Gasteiger partial charge in [-0.3, -0.25) is 19.2 Å². The van der Waals surface area contributed by atoms with Crippen molar-refractivity contribution in [2.75, 3.05) is 7.11 Å². The molecule has 0 heterocycles. The quantitative estimate of drug-likeness (QED) is 0.466. The average Bonchev–Trinajstić information content (AvgIpc) is 2.66. The summed E-state index contributed by atoms with van der Waals surface area (Å²) in [6.45, 7) is 3.41. The van der Waals surface area contributed by atoms with E-state index in [-0.39, 0.29) is 22.3 Å². The molecule has 3 rings (SSSR count). The van der Waals surface area contributed by atoms with Crippen molar-refractivity contribution in [2.45, 2.75) is 20.8 Å². The standard InChI is InChI=1S/C21H16O10/c1-7-14-10(5-11(24)15(7)21(28)29-4)18(26)17-16(19(14)27)12(25)6-13(30-8(2)22)20(17)31-9(3)23/h5-6,24-25H,1-4H3. The van der Waals surface area contributed by atoms with Gasteiger partial charge < -0.3 is 24.4 Å². The summed E-state index contributed by atoms with van der Waals surface area (Å²) in [7, 11) is 1.08. The molecular weight excluding hydrogens is 412 g/mol. The summed E-state index contributed by atoms with van der Waals surface area (Å²) >= 11 is 0. The monoisotopic (exact) mass is 428 g/mol. The number of ketones is 2. The fourth-order valence-electron chi connectivity index (χ4n) is 3.44. The maximum Gasteiger partial charge on any atom is 0.341 e. The molecule has 0 spiro atoms. The minimum absolute atomic E-state index is 0.0386. The zero-order valence-electron chi connectivity index (χ0n) is 16.8. The number of phenolic OH excluding ortho intramolecular Hbond substituents is 2. The first-order chi connectivity index (χ1) is 14.5. The number of methoxy groups -OCH3 is 1. The van der Waals surface area contributed by atoms with E-state index in [1.165, 1.54) is 6.92 Å². The molecule has 0 aromatic heterocycles. The molecule has 10 heteroatoms. The second-order valence-electron chi connectivity index (χ2n) is 6.63. The van der Waals surface area contributed by atoms with Gasteiger partial charge in [0.2, 0.25) is 0 Å². The summed E-state index contributed by atoms with van der Waals surface area (Å²) in [4.78, 5) is 61.6. The second kappa shape index (κ2) is 7.56. The van der Waals surface area contributed by atoms with Crippen LogP contribution in [-0.4, -0.2) is 46.8 Å². The lowest BCUT2D eigenvalue weighted by molar-refractivity contribution is -0.134. The molecule has 0 bridgehead atoms. The van der Waals surface area contributed by atoms with E-state index < -0.39 is 63.6 Å². The Kier molecular flexibility index (Phi) is 5.24. The van der Waals surface area contributed by atoms with Gasteiger partial charge in [0.1, 0.15) is 17.1 Å². The van der Waals surface area contributed by atoms with E-state index in [4.69, 9.17) is 9.47 Å². The summed E-state index contributed by atoms with van der Waals surface area (Å²) < 4.78 is 14.6. The number of rotatable bonds is 3. The number of phenols is 2. The van der Waals surface area contributed by atoms with Gasteiger partial charge in [-0.25, -0.2) is 4.79 Å². The largest absolute Gasteiger partial charge is 0.507 e. The van der Waals surface area contributed by atoms with Crippen LogP contribution in [0.2, 0.25) is 0 Å². The maximum absolute atomic E-state index is 13.3. The molecule has 0 radical (unpaired) electrons. The Labute approximate surface area is 175 Å². The summed E-state index contributed by atoms with van der Waals surface area (Å²) in [6, 6.07) is 1.77. The molecule has 2 N–H and O–H groups in total. The highest BCUT2D eigenvalue weighted by molar-refractivity contribution is 6.31. The van der Waals surface area contributed by atoms with Gasteiger partial charge >= 0.3 is 17.9 Å². The normalized spacial score (nSPS) is 12.0. The lowest BCUT2D eigenvalue weighted by atomic mass is 9.79. The van der Waals surface area contributed by atoms with Crippen LogP contribution in [0.4, 0.5) is 0 Å². The number of hydrogen-bond donors (Lipinski definition) is 2. The second-order valence-corrected chi connectivity index (χ2v) is 6.63. The van der Waals surface area contributed by atoms with Crippen LogP contribution in [-0.2, 0) is 14.3 Å². The van der Waals surface area contributed by atoms with Crippen molar-refractivity contribution in [3.8, 4) is 23.0 Å². The van der Waals surface area contributed by atoms with E-state index in [0.29, 0.717) is 0 Å². The molecule has 0 unspecified atom stereocenters. The lowest BCUT2D eigenvalue weighted by Gasteiger charge is -2.24. The zero-order chi connectivity index (χ0) is 23.2. The molecule has 2 aromatic rings. The van der Waals surface area contributed by atoms with Crippen molar-refractivity contribution in [1.82, 2.24) is 0 Å². The fraction of sp³-hybridized carbons (Fsp3) is 0.190. The Morgan fingerprint density at radius 2 is 1.45 bits per heavy atom. The van der Waals surface area contributed by atoms with E-state index in [1.807, 2.05) is 0 Å². The minimum atomic E-state index is -0.932. The summed E-state index contributed by atoms with van der Waals surface area (Å²) in [6.07, 6.45) is 0. The summed E-state index contributed by atoms with van der Waals surface area (Å²) in [5, 5.41) is 20.7. The van der Waals surface area contributed by atoms with Crippen molar-refractivity contribution in [3.05, 3.63) is 45.5 Å². The molecule has 31 heavy (non-hydrogen) atoms. The number of fused-ring (bicyclic) bond motifs is 2. The summed E-state index contributed by atoms with van der Waals surface area (Å²) in [5.41, 5.74) is -1.92. The molecule has 0 fully saturated rings. The van der Waals surface area contributed by atoms with E-state index in [0.717, 1.165) is 33.1 Å². The molecule has 1 aliphatic rings. The predicted octanol–water partition coefficient (Wildman–Crippen LogP) is 1.82. The summed E-state index contributed by atoms with van der Waals surface area (Å²) in [5.74, 6) is -6.72. The third kappa shape index (κ3) is 3.37. The fourth-order valence-corrected chi connectivity index (χ4v) is 3.44. The molecule has 160 valence electrons. The first kappa shape index (κ1) is 21.5. The van der Waals surface area contributed by atoms with E-state index >= 15 is 0 Å². The van der Waals surface area contributed by atoms with Crippen molar-refractivity contribution < 1.29 is 48.4 Å². The molecular formula is C21H16O10. The topological polar surface area (TPSA) is 154 Å². The Morgan fingerprint density at radius 1 is 0.839 bits per heavy atom. The molecule has 1 aliphatic carbocycles. The predicted molar refractivity (Wildman–Crippen MR) is 102 cm³/mol. The molecule has 0 aliphatic heterocycles. The first-order valence-corrected chi connectivity index (χ1v) is 8.80. The molecule has 2 aromatic carbocycles. The van der Waals surface area contributed by atoms with E-state index in [2.05, 4.69) is 4.74 Å². The van der Waals surface area contributed by atoms with Crippen LogP contribution in [0.25, 0.3) is 0 Å². The van der Waals surface area contributed by atoms with Crippen LogP contribution in [0.5, 0.6) is 23.0 Å². The molecule has 0 saturated carbocycles. The Balaban J connectivity index is 2.39. The molecule has 0 amide bonds. The highest BCUT2D eigenvalue weighted by atomic mass is 16.6. The molecule has 0 saturated heterocycles. The van der Waals surface area contributed by atoms with Crippen molar-refractivity contribution in [3.63, 3.8) is 0 Å². The molecule has 10 nitrogen and oxygen atoms in total. The number of benzene rings is 2. The number of hydrogen-bond acceptors (Lipinski definition) is 10. The Hall–Kier alpha value is -4.21. The number of carbonyl (C=O) groups is 5. The third-order valence-corrected chi connectivity index (χ3v) is 4.60. The number of esters is 3. The van der Waals surface area contributed by atoms with Gasteiger partial charge in [-0.1, -0.05) is 0 Å². The first-order valence-electron chi connectivity index (χ1n) is 8.80. The Morgan fingerprint density at radius 3 is 2.00 bits per heavy atom. The zero-order valence-corrected chi connectivity index (χ0v) is 16.8. The third-order valence-electron chi connectivity index (χ3n) is 4.60. The smallest absolute Gasteiger partial charge is 0.341 e. The Bertz CT molecular complexity index is 1210. The van der Waals surface area contributed by atoms with Crippen molar-refractivity contribution in [1.29, 1.82) is 0 Å². The number of aromatic hydroxyl groups is 2. The minimum Gasteiger partial charge on any atom is -0.507 e. The van der Waals surface area contributed by atoms with E-state index in [9.17, 15) is 34.2 Å². The molecule has 0 atom stereocenters. The average molecular weight is 428 g/mol.